The highest BCUT2D eigenvalue weighted by molar-refractivity contribution is 7.66. The molecule has 1 amide bonds. The molecule has 0 spiro atoms. The van der Waals surface area contributed by atoms with Gasteiger partial charge in [0.05, 0.1) is 66.1 Å². The lowest BCUT2D eigenvalue weighted by Crippen LogP contribution is -2.26. The number of aromatic hydroxyl groups is 1. The van der Waals surface area contributed by atoms with E-state index in [2.05, 4.69) is 40.3 Å². The SMILES string of the molecule is COc1cc([C@@H](OCc2cn([C@H]3C[C@@H](O)[C@@H](COP(=O)(O)OP(=O)(O)OP(=O)(O)O)O3)c3ncnc(N)c23)C(C)(C)C)c([N+](=O)[O-])cc1C#CCNC(=O)c1ccc(C(=O)O)c(C2=C3C=CC(=O)C=C3Cc3cc(O)ccc32)c1. The average Bonchev–Trinajstić information content (AvgIpc) is 4.04. The number of aromatic nitrogens is 3. The molecule has 3 aliphatic rings. The number of phosphoric ester groups is 1. The molecule has 10 N–H and O–H groups in total. The number of nitrogens with one attached hydrogen (secondary N) is 1. The van der Waals surface area contributed by atoms with E-state index < -0.39 is 82.5 Å². The minimum absolute atomic E-state index is 0.0102. The summed E-state index contributed by atoms with van der Waals surface area (Å²) in [6, 6.07) is 11.3. The predicted molar refractivity (Wildman–Crippen MR) is 276 cm³/mol. The second kappa shape index (κ2) is 22.5. The summed E-state index contributed by atoms with van der Waals surface area (Å²) in [4.78, 5) is 96.3. The molecule has 30 heteroatoms. The highest BCUT2D eigenvalue weighted by atomic mass is 31.3. The monoisotopic (exact) mass is 1150 g/mol. The Morgan fingerprint density at radius 2 is 1.77 bits per heavy atom. The van der Waals surface area contributed by atoms with E-state index in [1.165, 1.54) is 72.5 Å². The number of phenolic OH excluding ortho intramolecular Hbond substituents is 1. The first-order valence-electron chi connectivity index (χ1n) is 23.4. The van der Waals surface area contributed by atoms with Crippen molar-refractivity contribution in [1.29, 1.82) is 0 Å². The number of fused-ring (bicyclic) bond motifs is 3. The van der Waals surface area contributed by atoms with E-state index in [1.54, 1.807) is 32.9 Å². The highest BCUT2D eigenvalue weighted by Gasteiger charge is 2.44. The van der Waals surface area contributed by atoms with Crippen LogP contribution in [0.1, 0.15) is 93.6 Å². The van der Waals surface area contributed by atoms with Crippen LogP contribution in [0.2, 0.25) is 0 Å². The molecule has 2 unspecified atom stereocenters. The molecular weight excluding hydrogens is 1100 g/mol. The molecular formula is C49H49N6O21P3. The number of hydrogen-bond acceptors (Lipinski definition) is 19. The molecule has 79 heavy (non-hydrogen) atoms. The summed E-state index contributed by atoms with van der Waals surface area (Å²) in [7, 11) is -15.7. The second-order valence-electron chi connectivity index (χ2n) is 19.0. The van der Waals surface area contributed by atoms with Crippen molar-refractivity contribution in [2.75, 3.05) is 26.0 Å². The zero-order valence-corrected chi connectivity index (χ0v) is 44.6. The minimum Gasteiger partial charge on any atom is -0.508 e. The first kappa shape index (κ1) is 57.9. The fourth-order valence-corrected chi connectivity index (χ4v) is 12.3. The number of aliphatic hydroxyl groups excluding tert-OH is 1. The molecule has 8 rings (SSSR count). The van der Waals surface area contributed by atoms with E-state index >= 15 is 0 Å². The van der Waals surface area contributed by atoms with Gasteiger partial charge in [0, 0.05) is 29.8 Å². The van der Waals surface area contributed by atoms with Crippen LogP contribution in [-0.4, -0.2) is 104 Å². The number of nitrogens with zero attached hydrogens (tertiary/aromatic N) is 4. The normalized spacial score (nSPS) is 19.1. The van der Waals surface area contributed by atoms with Gasteiger partial charge in [-0.3, -0.25) is 24.2 Å². The predicted octanol–water partition coefficient (Wildman–Crippen LogP) is 5.83. The van der Waals surface area contributed by atoms with Gasteiger partial charge in [-0.05, 0) is 93.8 Å². The van der Waals surface area contributed by atoms with E-state index in [9.17, 15) is 63.3 Å². The van der Waals surface area contributed by atoms with E-state index in [-0.39, 0.29) is 81.5 Å². The minimum atomic E-state index is -5.82. The lowest BCUT2D eigenvalue weighted by atomic mass is 9.76. The van der Waals surface area contributed by atoms with Crippen LogP contribution >= 0.6 is 23.5 Å². The number of ether oxygens (including phenoxy) is 3. The maximum atomic E-state index is 13.7. The summed E-state index contributed by atoms with van der Waals surface area (Å²) < 4.78 is 66.8. The number of methoxy groups -OCH3 is 1. The molecule has 6 atom stereocenters. The molecule has 1 saturated heterocycles. The van der Waals surface area contributed by atoms with Gasteiger partial charge in [-0.2, -0.15) is 8.62 Å². The number of hydrogen-bond donors (Lipinski definition) is 9. The van der Waals surface area contributed by atoms with Crippen LogP contribution in [0.15, 0.2) is 90.4 Å². The van der Waals surface area contributed by atoms with Gasteiger partial charge < -0.3 is 64.7 Å². The van der Waals surface area contributed by atoms with E-state index in [1.807, 2.05) is 0 Å². The van der Waals surface area contributed by atoms with Gasteiger partial charge in [-0.1, -0.05) is 44.8 Å². The van der Waals surface area contributed by atoms with Gasteiger partial charge in [-0.25, -0.2) is 28.5 Å². The van der Waals surface area contributed by atoms with Crippen molar-refractivity contribution in [3.63, 3.8) is 0 Å². The Morgan fingerprint density at radius 1 is 1.03 bits per heavy atom. The number of nitrogens with two attached hydrogens (primary N) is 1. The maximum Gasteiger partial charge on any atom is 0.490 e. The second-order valence-corrected chi connectivity index (χ2v) is 23.4. The van der Waals surface area contributed by atoms with Gasteiger partial charge in [-0.15, -0.1) is 0 Å². The third kappa shape index (κ3) is 13.1. The molecule has 0 bridgehead atoms. The first-order chi connectivity index (χ1) is 37.0. The van der Waals surface area contributed by atoms with Crippen molar-refractivity contribution in [2.24, 2.45) is 5.41 Å². The summed E-state index contributed by atoms with van der Waals surface area (Å²) >= 11 is 0. The summed E-state index contributed by atoms with van der Waals surface area (Å²) in [6.07, 6.45) is 2.26. The third-order valence-corrected chi connectivity index (χ3v) is 16.3. The van der Waals surface area contributed by atoms with Crippen molar-refractivity contribution in [3.05, 3.63) is 145 Å². The Morgan fingerprint density at radius 3 is 2.46 bits per heavy atom. The Balaban J connectivity index is 1.01. The Hall–Kier alpha value is -7.24. The van der Waals surface area contributed by atoms with Gasteiger partial charge in [0.1, 0.15) is 41.6 Å². The lowest BCUT2D eigenvalue weighted by molar-refractivity contribution is -0.386. The van der Waals surface area contributed by atoms with Gasteiger partial charge >= 0.3 is 29.4 Å². The number of nitrogen functional groups attached to an aromatic ring is 1. The number of allylic oxidation sites excluding steroid dienone is 5. The maximum absolute atomic E-state index is 13.7. The Bertz CT molecular complexity index is 3660. The number of benzene rings is 3. The van der Waals surface area contributed by atoms with Crippen molar-refractivity contribution in [3.8, 4) is 23.3 Å². The number of nitro groups is 1. The number of aromatic carboxylic acids is 1. The van der Waals surface area contributed by atoms with Gasteiger partial charge in [0.2, 0.25) is 0 Å². The number of aliphatic hydroxyl groups is 1. The number of carboxylic acid groups (broad SMARTS) is 1. The fourth-order valence-electron chi connectivity index (χ4n) is 9.24. The van der Waals surface area contributed by atoms with Crippen LogP contribution < -0.4 is 15.8 Å². The van der Waals surface area contributed by atoms with Crippen LogP contribution in [0, 0.1) is 27.4 Å². The van der Waals surface area contributed by atoms with Crippen LogP contribution in [0.25, 0.3) is 16.6 Å². The summed E-state index contributed by atoms with van der Waals surface area (Å²) in [5.74, 6) is 3.53. The number of amides is 1. The smallest absolute Gasteiger partial charge is 0.490 e. The zero-order chi connectivity index (χ0) is 57.5. The average molecular weight is 1150 g/mol. The summed E-state index contributed by atoms with van der Waals surface area (Å²) in [5.41, 5.74) is 8.81. The summed E-state index contributed by atoms with van der Waals surface area (Å²) in [5, 5.41) is 47.2. The van der Waals surface area contributed by atoms with Crippen molar-refractivity contribution in [1.82, 2.24) is 19.9 Å². The number of phosphoric acid groups is 3. The van der Waals surface area contributed by atoms with E-state index in [0.29, 0.717) is 39.8 Å². The van der Waals surface area contributed by atoms with Crippen LogP contribution in [0.4, 0.5) is 11.5 Å². The summed E-state index contributed by atoms with van der Waals surface area (Å²) in [6.45, 7) is 3.84. The number of rotatable bonds is 18. The number of carbonyl (C=O) groups is 3. The van der Waals surface area contributed by atoms with Crippen molar-refractivity contribution in [2.45, 2.75) is 64.8 Å². The molecule has 1 aliphatic heterocycles. The largest absolute Gasteiger partial charge is 0.508 e. The number of carbonyl (C=O) groups excluding carboxylic acids is 2. The lowest BCUT2D eigenvalue weighted by Gasteiger charge is -2.31. The topological polar surface area (TPSA) is 411 Å². The Kier molecular flexibility index (Phi) is 16.5. The molecule has 5 aromatic rings. The first-order valence-corrected chi connectivity index (χ1v) is 27.9. The third-order valence-electron chi connectivity index (χ3n) is 12.5. The van der Waals surface area contributed by atoms with Crippen molar-refractivity contribution < 1.29 is 95.3 Å². The van der Waals surface area contributed by atoms with Crippen LogP contribution in [0.5, 0.6) is 11.5 Å². The fraction of sp³-hybridized carbons (Fsp3) is 0.286. The van der Waals surface area contributed by atoms with Gasteiger partial charge in [0.15, 0.2) is 5.78 Å². The molecule has 416 valence electrons. The van der Waals surface area contributed by atoms with Gasteiger partial charge in [0.25, 0.3) is 11.6 Å². The molecule has 2 aromatic heterocycles. The molecule has 1 fully saturated rings. The number of carboxylic acids is 1. The van der Waals surface area contributed by atoms with Crippen LogP contribution in [-0.2, 0) is 54.1 Å². The standard InChI is InChI=1S/C49H49N6O21P3/c1-49(2,3)44(72-22-29-21-54(46-42(29)45(50)52-24-53-46)41-20-38(58)40(74-41)23-73-78(67,68)76-79(69,70)75-77(64,65)66)36-19-39(71-4)25(18-37(36)55(62)63)6-5-13-51-47(59)26-7-10-34(48(60)61)35(17-26)43-32-11-8-30(56)15-27(32)14-28-16-31(57)9-12-33(28)43/h7-12,15-19,21,24,38,40-41,44,56,58H,13-14,20,22-23H2,1-4H3,(H,51,59)(H,60,61)(H,67,68)(H,69,70)(H2,50,52,53)(H2,64,65,66)/t38-,40-,41-,44-/m1/s1. The molecule has 0 saturated carbocycles. The highest BCUT2D eigenvalue weighted by Crippen LogP contribution is 2.66. The molecule has 27 nitrogen and oxygen atoms in total. The number of anilines is 1. The van der Waals surface area contributed by atoms with E-state index in [0.717, 1.165) is 6.33 Å². The molecule has 3 heterocycles. The number of nitro benzene ring substituents is 1. The number of phenols is 1. The van der Waals surface area contributed by atoms with Crippen molar-refractivity contribution >= 4 is 69.2 Å². The Labute approximate surface area is 447 Å². The number of ketones is 1. The molecule has 3 aromatic carbocycles. The van der Waals surface area contributed by atoms with Crippen LogP contribution in [0.3, 0.4) is 0 Å². The van der Waals surface area contributed by atoms with E-state index in [4.69, 9.17) is 29.7 Å². The zero-order valence-electron chi connectivity index (χ0n) is 41.9. The quantitative estimate of drug-likeness (QED) is 0.0215. The molecule has 0 radical (unpaired) electrons. The molecule has 2 aliphatic carbocycles.